The minimum atomic E-state index is -4.67. The van der Waals surface area contributed by atoms with Crippen LogP contribution in [0.5, 0.6) is 0 Å². The lowest BCUT2D eigenvalue weighted by Gasteiger charge is -2.29. The zero-order valence-electron chi connectivity index (χ0n) is 25.4. The van der Waals surface area contributed by atoms with Gasteiger partial charge < -0.3 is 14.8 Å². The van der Waals surface area contributed by atoms with Gasteiger partial charge in [0.2, 0.25) is 5.79 Å². The van der Waals surface area contributed by atoms with Crippen molar-refractivity contribution in [2.24, 2.45) is 13.0 Å². The van der Waals surface area contributed by atoms with Crippen molar-refractivity contribution in [2.75, 3.05) is 11.9 Å². The van der Waals surface area contributed by atoms with Gasteiger partial charge in [0.05, 0.1) is 29.0 Å². The largest absolute Gasteiger partial charge is 0.435 e. The Hall–Kier alpha value is -2.97. The Morgan fingerprint density at radius 2 is 2.00 bits per heavy atom. The van der Waals surface area contributed by atoms with E-state index in [9.17, 15) is 18.0 Å². The van der Waals surface area contributed by atoms with Crippen molar-refractivity contribution >= 4 is 46.1 Å². The summed E-state index contributed by atoms with van der Waals surface area (Å²) in [5.41, 5.74) is -0.330. The molecule has 244 valence electrons. The predicted octanol–water partition coefficient (Wildman–Crippen LogP) is 8.17. The first-order valence-corrected chi connectivity index (χ1v) is 15.9. The summed E-state index contributed by atoms with van der Waals surface area (Å²) in [5.74, 6) is -1.06. The van der Waals surface area contributed by atoms with E-state index in [-0.39, 0.29) is 12.0 Å². The Labute approximate surface area is 273 Å². The number of hydrogen-bond donors (Lipinski definition) is 1. The van der Waals surface area contributed by atoms with Crippen molar-refractivity contribution in [1.29, 1.82) is 0 Å². The SMILES string of the molecule is CC(C)CC(C)c1sccc1NC(=O)c1cn(C)nc1C(F)(F)F.CCC1COC(Cn2cncn2)(c2ccc(Cl)cc2Cl)O1. The second kappa shape index (κ2) is 14.6. The first-order chi connectivity index (χ1) is 21.2. The van der Waals surface area contributed by atoms with Crippen LogP contribution in [-0.2, 0) is 35.0 Å². The van der Waals surface area contributed by atoms with Gasteiger partial charge in [-0.2, -0.15) is 23.4 Å². The normalized spacial score (nSPS) is 19.0. The van der Waals surface area contributed by atoms with Crippen LogP contribution in [-0.4, -0.2) is 43.2 Å². The number of halogens is 5. The van der Waals surface area contributed by atoms with Gasteiger partial charge in [0.15, 0.2) is 5.69 Å². The molecular formula is C30H35Cl2F3N6O3S. The Kier molecular flexibility index (Phi) is 11.3. The summed E-state index contributed by atoms with van der Waals surface area (Å²) in [6.45, 7) is 9.21. The molecule has 9 nitrogen and oxygen atoms in total. The number of ether oxygens (including phenoxy) is 2. The zero-order chi connectivity index (χ0) is 32.9. The van der Waals surface area contributed by atoms with E-state index in [4.69, 9.17) is 32.7 Å². The quantitative estimate of drug-likeness (QED) is 0.191. The van der Waals surface area contributed by atoms with Crippen molar-refractivity contribution in [3.63, 3.8) is 0 Å². The number of thiophene rings is 1. The Balaban J connectivity index is 0.000000206. The Morgan fingerprint density at radius 1 is 1.24 bits per heavy atom. The van der Waals surface area contributed by atoms with Crippen LogP contribution in [0.4, 0.5) is 18.9 Å². The smallest absolute Gasteiger partial charge is 0.342 e. The van der Waals surface area contributed by atoms with Crippen LogP contribution in [0.3, 0.4) is 0 Å². The molecule has 0 spiro atoms. The zero-order valence-corrected chi connectivity index (χ0v) is 27.8. The molecule has 0 radical (unpaired) electrons. The number of carbonyl (C=O) groups is 1. The number of carbonyl (C=O) groups excluding carboxylic acids is 1. The molecule has 1 fully saturated rings. The predicted molar refractivity (Wildman–Crippen MR) is 168 cm³/mol. The van der Waals surface area contributed by atoms with Gasteiger partial charge in [-0.15, -0.1) is 11.3 Å². The van der Waals surface area contributed by atoms with Crippen LogP contribution in [0.15, 0.2) is 48.5 Å². The molecule has 1 aliphatic heterocycles. The van der Waals surface area contributed by atoms with E-state index in [0.29, 0.717) is 34.8 Å². The van der Waals surface area contributed by atoms with E-state index < -0.39 is 29.1 Å². The lowest BCUT2D eigenvalue weighted by atomic mass is 9.97. The summed E-state index contributed by atoms with van der Waals surface area (Å²) in [6, 6.07) is 7.02. The molecule has 0 saturated carbocycles. The highest BCUT2D eigenvalue weighted by molar-refractivity contribution is 7.10. The molecule has 0 aliphatic carbocycles. The van der Waals surface area contributed by atoms with E-state index in [2.05, 4.69) is 41.3 Å². The van der Waals surface area contributed by atoms with E-state index in [1.54, 1.807) is 29.2 Å². The number of anilines is 1. The number of benzene rings is 1. The molecule has 3 aromatic heterocycles. The topological polar surface area (TPSA) is 96.1 Å². The number of nitrogens with zero attached hydrogens (tertiary/aromatic N) is 5. The van der Waals surface area contributed by atoms with Crippen molar-refractivity contribution < 1.29 is 27.4 Å². The fourth-order valence-corrected chi connectivity index (χ4v) is 6.55. The van der Waals surface area contributed by atoms with E-state index in [0.717, 1.165) is 34.2 Å². The van der Waals surface area contributed by atoms with Crippen molar-refractivity contribution in [1.82, 2.24) is 24.5 Å². The molecule has 1 aromatic carbocycles. The molecule has 0 bridgehead atoms. The van der Waals surface area contributed by atoms with Crippen LogP contribution < -0.4 is 5.32 Å². The van der Waals surface area contributed by atoms with E-state index in [1.807, 2.05) is 18.4 Å². The van der Waals surface area contributed by atoms with Gasteiger partial charge in [0.1, 0.15) is 19.2 Å². The number of nitrogens with one attached hydrogen (secondary N) is 1. The van der Waals surface area contributed by atoms with Crippen molar-refractivity contribution in [3.8, 4) is 0 Å². The van der Waals surface area contributed by atoms with Crippen LogP contribution in [0.2, 0.25) is 10.0 Å². The second-order valence-electron chi connectivity index (χ2n) is 11.2. The third kappa shape index (κ3) is 8.64. The maximum absolute atomic E-state index is 13.0. The molecule has 1 N–H and O–H groups in total. The second-order valence-corrected chi connectivity index (χ2v) is 13.0. The first-order valence-electron chi connectivity index (χ1n) is 14.3. The van der Waals surface area contributed by atoms with Gasteiger partial charge in [-0.25, -0.2) is 9.67 Å². The van der Waals surface area contributed by atoms with Gasteiger partial charge in [0.25, 0.3) is 5.91 Å². The molecule has 3 unspecified atom stereocenters. The van der Waals surface area contributed by atoms with E-state index >= 15 is 0 Å². The molecular weight excluding hydrogens is 652 g/mol. The number of aryl methyl sites for hydroxylation is 1. The number of alkyl halides is 3. The minimum absolute atomic E-state index is 0.0280. The summed E-state index contributed by atoms with van der Waals surface area (Å²) in [6.07, 6.45) is 1.34. The van der Waals surface area contributed by atoms with Crippen molar-refractivity contribution in [3.05, 3.63) is 80.2 Å². The van der Waals surface area contributed by atoms with Crippen molar-refractivity contribution in [2.45, 2.75) is 71.1 Å². The molecule has 3 atom stereocenters. The summed E-state index contributed by atoms with van der Waals surface area (Å²) >= 11 is 13.8. The third-order valence-electron chi connectivity index (χ3n) is 7.05. The lowest BCUT2D eigenvalue weighted by Crippen LogP contribution is -2.34. The number of aromatic nitrogens is 5. The highest BCUT2D eigenvalue weighted by Crippen LogP contribution is 2.41. The van der Waals surface area contributed by atoms with Gasteiger partial charge in [-0.05, 0) is 48.3 Å². The maximum atomic E-state index is 13.0. The third-order valence-corrected chi connectivity index (χ3v) is 8.75. The van der Waals surface area contributed by atoms with E-state index in [1.165, 1.54) is 24.7 Å². The maximum Gasteiger partial charge on any atom is 0.435 e. The molecule has 4 heterocycles. The fraction of sp³-hybridized carbons (Fsp3) is 0.467. The summed E-state index contributed by atoms with van der Waals surface area (Å²) < 4.78 is 53.8. The highest BCUT2D eigenvalue weighted by atomic mass is 35.5. The molecule has 4 aromatic rings. The molecule has 1 saturated heterocycles. The van der Waals surface area contributed by atoms with Gasteiger partial charge in [0, 0.05) is 28.7 Å². The standard InChI is InChI=1S/C16H20F3N3OS.C14H15Cl2N3O2/c1-9(2)7-10(3)13-12(5-6-24-13)20-15(23)11-8-22(4)21-14(11)16(17,18)19;1-2-11-6-20-14(21-11,7-19-9-17-8-18-19)12-4-3-10(15)5-13(12)16/h5-6,8-10H,7H2,1-4H3,(H,20,23);3-5,8-9,11H,2,6-7H2,1H3. The number of rotatable bonds is 9. The van der Waals surface area contributed by atoms with Crippen LogP contribution in [0.1, 0.15) is 72.9 Å². The molecule has 1 aliphatic rings. The van der Waals surface area contributed by atoms with Gasteiger partial charge >= 0.3 is 6.18 Å². The van der Waals surface area contributed by atoms with Gasteiger partial charge in [-0.1, -0.05) is 57.0 Å². The summed E-state index contributed by atoms with van der Waals surface area (Å²) in [7, 11) is 1.35. The minimum Gasteiger partial charge on any atom is -0.342 e. The Morgan fingerprint density at radius 3 is 2.60 bits per heavy atom. The summed E-state index contributed by atoms with van der Waals surface area (Å²) in [4.78, 5) is 17.2. The molecule has 15 heteroatoms. The Bertz CT molecular complexity index is 1580. The monoisotopic (exact) mass is 686 g/mol. The van der Waals surface area contributed by atoms with Crippen LogP contribution >= 0.6 is 34.5 Å². The number of amides is 1. The average molecular weight is 688 g/mol. The number of hydrogen-bond acceptors (Lipinski definition) is 7. The average Bonchev–Trinajstić information content (AvgIpc) is 3.76. The fourth-order valence-electron chi connectivity index (χ4n) is 5.08. The van der Waals surface area contributed by atoms with Gasteiger partial charge in [-0.3, -0.25) is 9.48 Å². The molecule has 5 rings (SSSR count). The summed E-state index contributed by atoms with van der Waals surface area (Å²) in [5, 5.41) is 13.0. The molecule has 1 amide bonds. The first kappa shape index (κ1) is 34.9. The highest BCUT2D eigenvalue weighted by Gasteiger charge is 2.45. The van der Waals surface area contributed by atoms with Crippen LogP contribution in [0, 0.1) is 5.92 Å². The molecule has 45 heavy (non-hydrogen) atoms. The lowest BCUT2D eigenvalue weighted by molar-refractivity contribution is -0.188. The van der Waals surface area contributed by atoms with Crippen LogP contribution in [0.25, 0.3) is 0 Å².